The Morgan fingerprint density at radius 2 is 1.63 bits per heavy atom. The van der Waals surface area contributed by atoms with Crippen LogP contribution in [-0.4, -0.2) is 37.5 Å². The molecule has 0 amide bonds. The molecule has 0 aromatic heterocycles. The largest absolute Gasteiger partial charge is 0.496 e. The maximum atomic E-state index is 9.82. The number of aliphatic hydroxyl groups excluding tert-OH is 1. The first kappa shape index (κ1) is 25.4. The molecule has 4 nitrogen and oxygen atoms in total. The zero-order valence-corrected chi connectivity index (χ0v) is 21.3. The van der Waals surface area contributed by atoms with Gasteiger partial charge in [0, 0.05) is 36.7 Å². The Kier molecular flexibility index (Phi) is 8.97. The summed E-state index contributed by atoms with van der Waals surface area (Å²) in [7, 11) is 1.75. The van der Waals surface area contributed by atoms with Crippen LogP contribution in [0.3, 0.4) is 0 Å². The lowest BCUT2D eigenvalue weighted by molar-refractivity contribution is 0.241. The quantitative estimate of drug-likeness (QED) is 0.346. The van der Waals surface area contributed by atoms with Crippen molar-refractivity contribution < 1.29 is 9.84 Å². The van der Waals surface area contributed by atoms with Crippen LogP contribution < -0.4 is 15.4 Å². The van der Waals surface area contributed by atoms with Crippen LogP contribution in [0, 0.1) is 5.92 Å². The van der Waals surface area contributed by atoms with Gasteiger partial charge in [-0.25, -0.2) is 0 Å². The fraction of sp³-hybridized carbons (Fsp3) is 0.419. The maximum absolute atomic E-state index is 9.82. The van der Waals surface area contributed by atoms with E-state index in [0.29, 0.717) is 11.8 Å². The molecular weight excluding hydrogens is 432 g/mol. The molecular formula is C31H40N2O2. The van der Waals surface area contributed by atoms with E-state index >= 15 is 0 Å². The summed E-state index contributed by atoms with van der Waals surface area (Å²) in [5.41, 5.74) is 5.16. The second-order valence-electron chi connectivity index (χ2n) is 9.79. The predicted octanol–water partition coefficient (Wildman–Crippen LogP) is 5.47. The van der Waals surface area contributed by atoms with Crippen LogP contribution in [0.25, 0.3) is 0 Å². The molecule has 1 saturated heterocycles. The molecule has 4 rings (SSSR count). The lowest BCUT2D eigenvalue weighted by Gasteiger charge is -2.32. The summed E-state index contributed by atoms with van der Waals surface area (Å²) in [4.78, 5) is 0. The lowest BCUT2D eigenvalue weighted by Crippen LogP contribution is -2.46. The van der Waals surface area contributed by atoms with Gasteiger partial charge in [-0.2, -0.15) is 0 Å². The van der Waals surface area contributed by atoms with E-state index in [1.54, 1.807) is 7.11 Å². The van der Waals surface area contributed by atoms with Crippen molar-refractivity contribution in [2.75, 3.05) is 20.3 Å². The molecule has 3 aromatic carbocycles. The summed E-state index contributed by atoms with van der Waals surface area (Å²) in [6.45, 7) is 6.33. The molecule has 4 unspecified atom stereocenters. The fourth-order valence-electron chi connectivity index (χ4n) is 5.54. The normalized spacial score (nSPS) is 20.8. The van der Waals surface area contributed by atoms with E-state index in [1.807, 2.05) is 0 Å². The van der Waals surface area contributed by atoms with Gasteiger partial charge in [-0.05, 0) is 54.0 Å². The van der Waals surface area contributed by atoms with E-state index < -0.39 is 0 Å². The standard InChI is InChI=1S/C31H40N2O2/c1-4-22(2)25-15-16-28(35-3)27(19-25)21-32-30-26(17-18-34)20-33-31(30)29(23-11-7-5-8-12-23)24-13-9-6-10-14-24/h5-16,19,22,26,29-34H,4,17-18,20-21H2,1-3H3. The van der Waals surface area contributed by atoms with Crippen molar-refractivity contribution in [2.24, 2.45) is 5.92 Å². The molecule has 0 spiro atoms. The fourth-order valence-corrected chi connectivity index (χ4v) is 5.54. The van der Waals surface area contributed by atoms with Crippen molar-refractivity contribution in [1.82, 2.24) is 10.6 Å². The number of hydrogen-bond acceptors (Lipinski definition) is 4. The van der Waals surface area contributed by atoms with Crippen LogP contribution in [-0.2, 0) is 6.54 Å². The topological polar surface area (TPSA) is 53.5 Å². The maximum Gasteiger partial charge on any atom is 0.123 e. The van der Waals surface area contributed by atoms with Crippen LogP contribution in [0.1, 0.15) is 60.8 Å². The Morgan fingerprint density at radius 1 is 0.971 bits per heavy atom. The van der Waals surface area contributed by atoms with Gasteiger partial charge in [0.2, 0.25) is 0 Å². The summed E-state index contributed by atoms with van der Waals surface area (Å²) in [5, 5.41) is 17.6. The van der Waals surface area contributed by atoms with Crippen molar-refractivity contribution >= 4 is 0 Å². The van der Waals surface area contributed by atoms with Crippen LogP contribution in [0.2, 0.25) is 0 Å². The lowest BCUT2D eigenvalue weighted by atomic mass is 9.80. The molecule has 1 aliphatic rings. The van der Waals surface area contributed by atoms with E-state index in [2.05, 4.69) is 103 Å². The van der Waals surface area contributed by atoms with Gasteiger partial charge in [0.05, 0.1) is 7.11 Å². The highest BCUT2D eigenvalue weighted by molar-refractivity contribution is 5.39. The average Bonchev–Trinajstić information content (AvgIpc) is 3.30. The number of benzene rings is 3. The molecule has 0 aliphatic carbocycles. The van der Waals surface area contributed by atoms with Crippen molar-refractivity contribution in [1.29, 1.82) is 0 Å². The van der Waals surface area contributed by atoms with Crippen LogP contribution in [0.4, 0.5) is 0 Å². The molecule has 186 valence electrons. The minimum atomic E-state index is 0.200. The number of hydrogen-bond donors (Lipinski definition) is 3. The molecule has 4 atom stereocenters. The molecule has 1 fully saturated rings. The average molecular weight is 473 g/mol. The SMILES string of the molecule is CCC(C)c1ccc(OC)c(CNC2C(CCO)CNC2C(c2ccccc2)c2ccccc2)c1. The highest BCUT2D eigenvalue weighted by Crippen LogP contribution is 2.35. The third kappa shape index (κ3) is 5.95. The van der Waals surface area contributed by atoms with Crippen molar-refractivity contribution in [3.63, 3.8) is 0 Å². The van der Waals surface area contributed by atoms with Gasteiger partial charge < -0.3 is 20.5 Å². The van der Waals surface area contributed by atoms with Crippen molar-refractivity contribution in [2.45, 2.75) is 57.2 Å². The third-order valence-electron chi connectivity index (χ3n) is 7.70. The Hall–Kier alpha value is -2.66. The van der Waals surface area contributed by atoms with Crippen LogP contribution in [0.5, 0.6) is 5.75 Å². The van der Waals surface area contributed by atoms with Gasteiger partial charge in [0.1, 0.15) is 5.75 Å². The summed E-state index contributed by atoms with van der Waals surface area (Å²) in [5.74, 6) is 2.01. The molecule has 35 heavy (non-hydrogen) atoms. The Bertz CT molecular complexity index is 1000. The Labute approximate surface area is 210 Å². The first-order chi connectivity index (χ1) is 17.2. The van der Waals surface area contributed by atoms with Gasteiger partial charge in [-0.3, -0.25) is 0 Å². The van der Waals surface area contributed by atoms with Gasteiger partial charge in [0.15, 0.2) is 0 Å². The number of aliphatic hydroxyl groups is 1. The zero-order valence-electron chi connectivity index (χ0n) is 21.3. The highest BCUT2D eigenvalue weighted by atomic mass is 16.5. The van der Waals surface area contributed by atoms with Gasteiger partial charge in [-0.15, -0.1) is 0 Å². The van der Waals surface area contributed by atoms with E-state index in [0.717, 1.165) is 31.7 Å². The summed E-state index contributed by atoms with van der Waals surface area (Å²) >= 11 is 0. The number of nitrogens with one attached hydrogen (secondary N) is 2. The van der Waals surface area contributed by atoms with Crippen LogP contribution >= 0.6 is 0 Å². The minimum absolute atomic E-state index is 0.200. The molecule has 1 aliphatic heterocycles. The molecule has 4 heteroatoms. The Balaban J connectivity index is 1.65. The van der Waals surface area contributed by atoms with Gasteiger partial charge >= 0.3 is 0 Å². The zero-order chi connectivity index (χ0) is 24.6. The van der Waals surface area contributed by atoms with Crippen molar-refractivity contribution in [3.05, 3.63) is 101 Å². The smallest absolute Gasteiger partial charge is 0.123 e. The molecule has 1 heterocycles. The summed E-state index contributed by atoms with van der Waals surface area (Å²) in [6.07, 6.45) is 1.89. The molecule has 0 saturated carbocycles. The Morgan fingerprint density at radius 3 is 2.20 bits per heavy atom. The highest BCUT2D eigenvalue weighted by Gasteiger charge is 2.40. The van der Waals surface area contributed by atoms with E-state index in [-0.39, 0.29) is 24.6 Å². The van der Waals surface area contributed by atoms with E-state index in [4.69, 9.17) is 4.74 Å². The first-order valence-corrected chi connectivity index (χ1v) is 13.0. The molecule has 0 bridgehead atoms. The summed E-state index contributed by atoms with van der Waals surface area (Å²) in [6, 6.07) is 28.6. The van der Waals surface area contributed by atoms with Crippen molar-refractivity contribution in [3.8, 4) is 5.75 Å². The molecule has 3 aromatic rings. The second-order valence-corrected chi connectivity index (χ2v) is 9.79. The number of methoxy groups -OCH3 is 1. The minimum Gasteiger partial charge on any atom is -0.496 e. The monoisotopic (exact) mass is 472 g/mol. The second kappa shape index (κ2) is 12.3. The predicted molar refractivity (Wildman–Crippen MR) is 144 cm³/mol. The first-order valence-electron chi connectivity index (χ1n) is 13.0. The van der Waals surface area contributed by atoms with E-state index in [9.17, 15) is 5.11 Å². The molecule has 3 N–H and O–H groups in total. The van der Waals surface area contributed by atoms with Gasteiger partial charge in [0.25, 0.3) is 0 Å². The van der Waals surface area contributed by atoms with E-state index in [1.165, 1.54) is 22.3 Å². The number of rotatable bonds is 11. The molecule has 0 radical (unpaired) electrons. The van der Waals surface area contributed by atoms with Crippen LogP contribution in [0.15, 0.2) is 78.9 Å². The van der Waals surface area contributed by atoms with Gasteiger partial charge in [-0.1, -0.05) is 86.6 Å². The summed E-state index contributed by atoms with van der Waals surface area (Å²) < 4.78 is 5.72. The number of ether oxygens (including phenoxy) is 1. The third-order valence-corrected chi connectivity index (χ3v) is 7.70.